The third-order valence-electron chi connectivity index (χ3n) is 9.09. The molecule has 4 aliphatic carbocycles. The molecule has 4 aliphatic rings. The minimum Gasteiger partial charge on any atom is -0.390 e. The van der Waals surface area contributed by atoms with Gasteiger partial charge in [-0.2, -0.15) is 0 Å². The maximum absolute atomic E-state index is 16.9. The molecule has 3 saturated carbocycles. The van der Waals surface area contributed by atoms with E-state index >= 15 is 4.39 Å². The molecular weight excluding hydrogens is 347 g/mol. The van der Waals surface area contributed by atoms with Crippen LogP contribution in [0.5, 0.6) is 0 Å². The van der Waals surface area contributed by atoms with Crippen LogP contribution in [0.4, 0.5) is 4.39 Å². The van der Waals surface area contributed by atoms with Crippen molar-refractivity contribution in [1.29, 1.82) is 0 Å². The van der Waals surface area contributed by atoms with Crippen molar-refractivity contribution in [2.24, 2.45) is 28.6 Å². The average Bonchev–Trinajstić information content (AvgIpc) is 2.84. The topological polar surface area (TPSA) is 74.6 Å². The van der Waals surface area contributed by atoms with Crippen LogP contribution >= 0.6 is 0 Å². The van der Waals surface area contributed by atoms with E-state index in [4.69, 9.17) is 0 Å². The summed E-state index contributed by atoms with van der Waals surface area (Å²) >= 11 is 0. The number of carbonyl (C=O) groups is 2. The van der Waals surface area contributed by atoms with Crippen molar-refractivity contribution in [3.63, 3.8) is 0 Å². The highest BCUT2D eigenvalue weighted by atomic mass is 19.1. The van der Waals surface area contributed by atoms with Crippen molar-refractivity contribution >= 4 is 11.6 Å². The van der Waals surface area contributed by atoms with Gasteiger partial charge in [-0.15, -0.1) is 0 Å². The van der Waals surface area contributed by atoms with Crippen LogP contribution in [-0.4, -0.2) is 39.2 Å². The molecule has 8 atom stereocenters. The van der Waals surface area contributed by atoms with E-state index < -0.39 is 34.1 Å². The zero-order valence-electron chi connectivity index (χ0n) is 16.7. The van der Waals surface area contributed by atoms with Crippen LogP contribution in [-0.2, 0) is 9.59 Å². The van der Waals surface area contributed by atoms with Crippen LogP contribution in [0.15, 0.2) is 11.6 Å². The molecule has 150 valence electrons. The Kier molecular flexibility index (Phi) is 3.93. The van der Waals surface area contributed by atoms with Crippen LogP contribution in [0.3, 0.4) is 0 Å². The third kappa shape index (κ3) is 2.05. The van der Waals surface area contributed by atoms with Gasteiger partial charge in [0.1, 0.15) is 11.3 Å². The summed E-state index contributed by atoms with van der Waals surface area (Å²) in [5.74, 6) is -1.06. The SMILES string of the molecule is CC(=O)[C@@]1(O)CC[C@H]2[C@@H]3CCC4=CC(=O)[C@@H](C)C[C@]4(C)[C@@]3(F)[C@H](O)C[C@@]21C. The number of rotatable bonds is 1. The summed E-state index contributed by atoms with van der Waals surface area (Å²) in [6.07, 6.45) is 2.95. The highest BCUT2D eigenvalue weighted by molar-refractivity contribution is 5.93. The predicted molar refractivity (Wildman–Crippen MR) is 98.6 cm³/mol. The number of allylic oxidation sites excluding steroid dienone is 1. The number of hydrogen-bond acceptors (Lipinski definition) is 4. The van der Waals surface area contributed by atoms with E-state index in [2.05, 4.69) is 0 Å². The molecule has 0 spiro atoms. The van der Waals surface area contributed by atoms with Gasteiger partial charge in [-0.25, -0.2) is 4.39 Å². The predicted octanol–water partition coefficient (Wildman–Crippen LogP) is 3.15. The average molecular weight is 378 g/mol. The Morgan fingerprint density at radius 2 is 1.89 bits per heavy atom. The minimum atomic E-state index is -1.84. The van der Waals surface area contributed by atoms with E-state index in [0.29, 0.717) is 32.1 Å². The van der Waals surface area contributed by atoms with Crippen molar-refractivity contribution in [2.45, 2.75) is 83.6 Å². The van der Waals surface area contributed by atoms with E-state index in [1.165, 1.54) is 6.92 Å². The first kappa shape index (κ1) is 19.3. The first-order valence-corrected chi connectivity index (χ1v) is 10.3. The van der Waals surface area contributed by atoms with Crippen molar-refractivity contribution < 1.29 is 24.2 Å². The monoisotopic (exact) mass is 378 g/mol. The van der Waals surface area contributed by atoms with Gasteiger partial charge in [0.15, 0.2) is 11.6 Å². The van der Waals surface area contributed by atoms with Crippen LogP contribution < -0.4 is 0 Å². The van der Waals surface area contributed by atoms with E-state index in [1.54, 1.807) is 6.08 Å². The fourth-order valence-corrected chi connectivity index (χ4v) is 7.48. The van der Waals surface area contributed by atoms with Gasteiger partial charge in [0.25, 0.3) is 0 Å². The lowest BCUT2D eigenvalue weighted by molar-refractivity contribution is -0.227. The molecule has 0 radical (unpaired) electrons. The minimum absolute atomic E-state index is 0.0477. The number of ketones is 2. The molecule has 0 aromatic carbocycles. The highest BCUT2D eigenvalue weighted by Gasteiger charge is 2.74. The number of Topliss-reactive ketones (excluding diaryl/α,β-unsaturated/α-hetero) is 1. The molecule has 0 unspecified atom stereocenters. The number of halogens is 1. The van der Waals surface area contributed by atoms with E-state index in [1.807, 2.05) is 20.8 Å². The Balaban J connectivity index is 1.82. The fraction of sp³-hybridized carbons (Fsp3) is 0.818. The van der Waals surface area contributed by atoms with Gasteiger partial charge in [0, 0.05) is 22.7 Å². The maximum Gasteiger partial charge on any atom is 0.161 e. The number of aliphatic hydroxyl groups excluding tert-OH is 1. The molecule has 0 saturated heterocycles. The zero-order chi connectivity index (χ0) is 20.0. The van der Waals surface area contributed by atoms with Crippen molar-refractivity contribution in [3.8, 4) is 0 Å². The number of alkyl halides is 1. The van der Waals surface area contributed by atoms with Gasteiger partial charge in [-0.1, -0.05) is 26.3 Å². The summed E-state index contributed by atoms with van der Waals surface area (Å²) in [6.45, 7) is 6.95. The molecule has 0 aromatic rings. The second-order valence-electron chi connectivity index (χ2n) is 10.1. The van der Waals surface area contributed by atoms with Crippen LogP contribution in [0.2, 0.25) is 0 Å². The molecule has 0 bridgehead atoms. The number of fused-ring (bicyclic) bond motifs is 5. The van der Waals surface area contributed by atoms with E-state index in [0.717, 1.165) is 5.57 Å². The lowest BCUT2D eigenvalue weighted by Gasteiger charge is -2.63. The number of aliphatic hydroxyl groups is 2. The highest BCUT2D eigenvalue weighted by Crippen LogP contribution is 2.70. The smallest absolute Gasteiger partial charge is 0.161 e. The molecule has 5 heteroatoms. The molecule has 4 nitrogen and oxygen atoms in total. The summed E-state index contributed by atoms with van der Waals surface area (Å²) in [5.41, 5.74) is -4.19. The van der Waals surface area contributed by atoms with Crippen molar-refractivity contribution in [1.82, 2.24) is 0 Å². The Bertz CT molecular complexity index is 747. The lowest BCUT2D eigenvalue weighted by Crippen LogP contribution is -2.69. The second kappa shape index (κ2) is 5.50. The van der Waals surface area contributed by atoms with Gasteiger partial charge in [-0.05, 0) is 57.4 Å². The van der Waals surface area contributed by atoms with Crippen molar-refractivity contribution in [2.75, 3.05) is 0 Å². The van der Waals surface area contributed by atoms with Crippen LogP contribution in [0.1, 0.15) is 66.2 Å². The second-order valence-corrected chi connectivity index (χ2v) is 10.1. The summed E-state index contributed by atoms with van der Waals surface area (Å²) in [4.78, 5) is 24.5. The van der Waals surface area contributed by atoms with Crippen LogP contribution in [0.25, 0.3) is 0 Å². The standard InChI is InChI=1S/C22H31FO4/c1-12-10-19(3)14(9-17(12)25)5-6-16-15-7-8-21(27,13(2)24)20(15,4)11-18(26)22(16,19)23/h9,12,15-16,18,26-27H,5-8,10-11H2,1-4H3/t12-,15-,16-,18+,19-,20-,21-,22-/m0/s1. The molecule has 0 aromatic heterocycles. The van der Waals surface area contributed by atoms with Gasteiger partial charge in [0.05, 0.1) is 6.10 Å². The molecular formula is C22H31FO4. The molecule has 0 amide bonds. The number of carbonyl (C=O) groups excluding carboxylic acids is 2. The lowest BCUT2D eigenvalue weighted by atomic mass is 9.43. The zero-order valence-corrected chi connectivity index (χ0v) is 16.7. The summed E-state index contributed by atoms with van der Waals surface area (Å²) < 4.78 is 16.9. The van der Waals surface area contributed by atoms with Crippen molar-refractivity contribution in [3.05, 3.63) is 11.6 Å². The number of hydrogen-bond donors (Lipinski definition) is 2. The summed E-state index contributed by atoms with van der Waals surface area (Å²) in [6, 6.07) is 0. The summed E-state index contributed by atoms with van der Waals surface area (Å²) in [7, 11) is 0. The Morgan fingerprint density at radius 1 is 1.22 bits per heavy atom. The Labute approximate surface area is 160 Å². The van der Waals surface area contributed by atoms with Gasteiger partial charge in [0.2, 0.25) is 0 Å². The molecule has 27 heavy (non-hydrogen) atoms. The third-order valence-corrected chi connectivity index (χ3v) is 9.09. The largest absolute Gasteiger partial charge is 0.390 e. The Morgan fingerprint density at radius 3 is 2.52 bits per heavy atom. The molecule has 4 rings (SSSR count). The first-order valence-electron chi connectivity index (χ1n) is 10.3. The normalized spacial score (nSPS) is 54.6. The van der Waals surface area contributed by atoms with Gasteiger partial charge >= 0.3 is 0 Å². The maximum atomic E-state index is 16.9. The van der Waals surface area contributed by atoms with Gasteiger partial charge in [-0.3, -0.25) is 9.59 Å². The van der Waals surface area contributed by atoms with Gasteiger partial charge < -0.3 is 10.2 Å². The molecule has 3 fully saturated rings. The van der Waals surface area contributed by atoms with E-state index in [9.17, 15) is 19.8 Å². The molecule has 2 N–H and O–H groups in total. The quantitative estimate of drug-likeness (QED) is 0.735. The first-order chi connectivity index (χ1) is 12.4. The Hall–Kier alpha value is -1.07. The summed E-state index contributed by atoms with van der Waals surface area (Å²) in [5, 5.41) is 22.3. The molecule has 0 heterocycles. The van der Waals surface area contributed by atoms with E-state index in [-0.39, 0.29) is 29.8 Å². The molecule has 0 aliphatic heterocycles. The fourth-order valence-electron chi connectivity index (χ4n) is 7.48. The van der Waals surface area contributed by atoms with Crippen LogP contribution in [0, 0.1) is 28.6 Å².